The Morgan fingerprint density at radius 3 is 2.38 bits per heavy atom. The number of hydrogen-bond acceptors (Lipinski definition) is 1. The van der Waals surface area contributed by atoms with Crippen molar-refractivity contribution in [3.63, 3.8) is 0 Å². The molecule has 0 saturated heterocycles. The monoisotopic (exact) mass is 377 g/mol. The molecule has 6 rings (SSSR count). The van der Waals surface area contributed by atoms with Gasteiger partial charge >= 0.3 is 0 Å². The van der Waals surface area contributed by atoms with Crippen LogP contribution in [0.15, 0.2) is 77.5 Å². The second-order valence-corrected chi connectivity index (χ2v) is 7.97. The molecule has 2 heterocycles. The van der Waals surface area contributed by atoms with Crippen molar-refractivity contribution in [2.24, 2.45) is 14.1 Å². The molecule has 29 heavy (non-hydrogen) atoms. The summed E-state index contributed by atoms with van der Waals surface area (Å²) in [6.07, 6.45) is 4.16. The highest BCUT2D eigenvalue weighted by atomic mass is 16.3. The van der Waals surface area contributed by atoms with Crippen LogP contribution in [-0.4, -0.2) is 4.57 Å². The van der Waals surface area contributed by atoms with Gasteiger partial charge in [0.25, 0.3) is 5.82 Å². The lowest BCUT2D eigenvalue weighted by Gasteiger charge is -2.04. The zero-order valence-corrected chi connectivity index (χ0v) is 16.7. The SMILES string of the molecule is Cc1cc2c(cc1-c1n(C)cc[n+]1C)oc1cc3c(ccc4ccccc43)cc12. The maximum Gasteiger partial charge on any atom is 0.288 e. The van der Waals surface area contributed by atoms with Crippen molar-refractivity contribution in [3.05, 3.63) is 78.6 Å². The maximum absolute atomic E-state index is 6.36. The lowest BCUT2D eigenvalue weighted by atomic mass is 9.99. The van der Waals surface area contributed by atoms with Crippen LogP contribution in [0.2, 0.25) is 0 Å². The van der Waals surface area contributed by atoms with Gasteiger partial charge in [0.1, 0.15) is 23.6 Å². The summed E-state index contributed by atoms with van der Waals surface area (Å²) >= 11 is 0. The fraction of sp³-hybridized carbons (Fsp3) is 0.115. The summed E-state index contributed by atoms with van der Waals surface area (Å²) in [6, 6.07) is 21.8. The molecule has 0 N–H and O–H groups in total. The van der Waals surface area contributed by atoms with Crippen LogP contribution in [0.3, 0.4) is 0 Å². The lowest BCUT2D eigenvalue weighted by molar-refractivity contribution is -0.659. The Hall–Kier alpha value is -3.59. The summed E-state index contributed by atoms with van der Waals surface area (Å²) in [6.45, 7) is 2.18. The molecule has 0 unspecified atom stereocenters. The smallest absolute Gasteiger partial charge is 0.288 e. The van der Waals surface area contributed by atoms with E-state index in [4.69, 9.17) is 4.42 Å². The van der Waals surface area contributed by atoms with Gasteiger partial charge in [-0.1, -0.05) is 36.4 Å². The van der Waals surface area contributed by atoms with Crippen LogP contribution >= 0.6 is 0 Å². The van der Waals surface area contributed by atoms with E-state index in [9.17, 15) is 0 Å². The van der Waals surface area contributed by atoms with Crippen LogP contribution in [-0.2, 0) is 14.1 Å². The van der Waals surface area contributed by atoms with Crippen molar-refractivity contribution in [2.45, 2.75) is 6.92 Å². The van der Waals surface area contributed by atoms with Gasteiger partial charge in [-0.3, -0.25) is 0 Å². The number of nitrogens with zero attached hydrogens (tertiary/aromatic N) is 2. The van der Waals surface area contributed by atoms with E-state index in [0.29, 0.717) is 0 Å². The molecule has 0 saturated carbocycles. The Balaban J connectivity index is 1.69. The molecule has 2 aromatic heterocycles. The van der Waals surface area contributed by atoms with Gasteiger partial charge in [0, 0.05) is 10.8 Å². The Kier molecular flexibility index (Phi) is 3.22. The predicted octanol–water partition coefficient (Wildman–Crippen LogP) is 6.03. The van der Waals surface area contributed by atoms with Gasteiger partial charge in [-0.15, -0.1) is 0 Å². The Bertz CT molecular complexity index is 1560. The van der Waals surface area contributed by atoms with E-state index >= 15 is 0 Å². The zero-order chi connectivity index (χ0) is 19.7. The molecule has 0 aliphatic heterocycles. The molecule has 3 nitrogen and oxygen atoms in total. The molecule has 0 spiro atoms. The van der Waals surface area contributed by atoms with Gasteiger partial charge in [0.2, 0.25) is 0 Å². The van der Waals surface area contributed by atoms with Crippen LogP contribution in [0.4, 0.5) is 0 Å². The van der Waals surface area contributed by atoms with Crippen LogP contribution in [0.5, 0.6) is 0 Å². The summed E-state index contributed by atoms with van der Waals surface area (Å²) in [5, 5.41) is 7.35. The predicted molar refractivity (Wildman–Crippen MR) is 119 cm³/mol. The number of furan rings is 1. The van der Waals surface area contributed by atoms with E-state index in [0.717, 1.165) is 11.2 Å². The van der Waals surface area contributed by atoms with Crippen LogP contribution in [0.25, 0.3) is 54.9 Å². The van der Waals surface area contributed by atoms with Gasteiger partial charge in [-0.2, -0.15) is 0 Å². The van der Waals surface area contributed by atoms with Gasteiger partial charge in [0.15, 0.2) is 0 Å². The molecule has 0 bridgehead atoms. The standard InChI is InChI=1S/C26H21N2O/c1-16-12-22-23-13-18-9-8-17-6-4-5-7-19(17)21(18)15-25(23)29-24(22)14-20(16)26-27(2)10-11-28(26)3/h4-15H,1-3H3/q+1. The molecule has 0 aliphatic rings. The second kappa shape index (κ2) is 5.71. The molecule has 140 valence electrons. The average molecular weight is 377 g/mol. The fourth-order valence-corrected chi connectivity index (χ4v) is 4.64. The fourth-order valence-electron chi connectivity index (χ4n) is 4.64. The first-order valence-electron chi connectivity index (χ1n) is 9.90. The first kappa shape index (κ1) is 16.4. The number of aromatic nitrogens is 2. The minimum atomic E-state index is 0.932. The van der Waals surface area contributed by atoms with E-state index in [2.05, 4.69) is 103 Å². The molecule has 0 fully saturated rings. The number of benzene rings is 4. The van der Waals surface area contributed by atoms with E-state index in [1.54, 1.807) is 0 Å². The van der Waals surface area contributed by atoms with Gasteiger partial charge < -0.3 is 4.42 Å². The molecular formula is C26H21N2O+. The normalized spacial score (nSPS) is 12.0. The summed E-state index contributed by atoms with van der Waals surface area (Å²) in [5.41, 5.74) is 4.32. The van der Waals surface area contributed by atoms with Crippen molar-refractivity contribution in [1.82, 2.24) is 4.57 Å². The Morgan fingerprint density at radius 2 is 1.55 bits per heavy atom. The van der Waals surface area contributed by atoms with Gasteiger partial charge in [0.05, 0.1) is 19.7 Å². The number of rotatable bonds is 1. The summed E-state index contributed by atoms with van der Waals surface area (Å²) in [4.78, 5) is 0. The topological polar surface area (TPSA) is 21.9 Å². The summed E-state index contributed by atoms with van der Waals surface area (Å²) in [7, 11) is 4.16. The second-order valence-electron chi connectivity index (χ2n) is 7.97. The molecule has 0 atom stereocenters. The van der Waals surface area contributed by atoms with Crippen LogP contribution < -0.4 is 4.57 Å². The zero-order valence-electron chi connectivity index (χ0n) is 16.7. The highest BCUT2D eigenvalue weighted by molar-refractivity contribution is 6.16. The molecule has 0 aliphatic carbocycles. The van der Waals surface area contributed by atoms with E-state index in [1.165, 1.54) is 49.3 Å². The minimum absolute atomic E-state index is 0.932. The molecule has 3 heteroatoms. The molecular weight excluding hydrogens is 356 g/mol. The van der Waals surface area contributed by atoms with Crippen molar-refractivity contribution < 1.29 is 8.98 Å². The third kappa shape index (κ3) is 2.27. The van der Waals surface area contributed by atoms with Crippen molar-refractivity contribution in [1.29, 1.82) is 0 Å². The molecule has 6 aromatic rings. The maximum atomic E-state index is 6.36. The van der Waals surface area contributed by atoms with Crippen molar-refractivity contribution in [2.75, 3.05) is 0 Å². The Labute approximate surface area is 168 Å². The number of fused-ring (bicyclic) bond motifs is 6. The van der Waals surface area contributed by atoms with Gasteiger partial charge in [-0.05, 0) is 58.3 Å². The summed E-state index contributed by atoms with van der Waals surface area (Å²) < 4.78 is 10.7. The molecule has 0 radical (unpaired) electrons. The van der Waals surface area contributed by atoms with Crippen molar-refractivity contribution >= 4 is 43.5 Å². The van der Waals surface area contributed by atoms with Gasteiger partial charge in [-0.25, -0.2) is 9.13 Å². The quantitative estimate of drug-likeness (QED) is 0.253. The summed E-state index contributed by atoms with van der Waals surface area (Å²) in [5.74, 6) is 1.17. The molecule has 0 amide bonds. The Morgan fingerprint density at radius 1 is 0.793 bits per heavy atom. The van der Waals surface area contributed by atoms with E-state index < -0.39 is 0 Å². The first-order chi connectivity index (χ1) is 14.1. The highest BCUT2D eigenvalue weighted by Crippen LogP contribution is 2.37. The third-order valence-corrected chi connectivity index (χ3v) is 6.10. The highest BCUT2D eigenvalue weighted by Gasteiger charge is 2.20. The van der Waals surface area contributed by atoms with E-state index in [-0.39, 0.29) is 0 Å². The van der Waals surface area contributed by atoms with Crippen molar-refractivity contribution in [3.8, 4) is 11.4 Å². The first-order valence-corrected chi connectivity index (χ1v) is 9.90. The number of hydrogen-bond donors (Lipinski definition) is 0. The van der Waals surface area contributed by atoms with E-state index in [1.807, 2.05) is 0 Å². The average Bonchev–Trinajstić information content (AvgIpc) is 3.24. The molecule has 4 aromatic carbocycles. The third-order valence-electron chi connectivity index (χ3n) is 6.10. The largest absolute Gasteiger partial charge is 0.456 e. The van der Waals surface area contributed by atoms with Crippen LogP contribution in [0.1, 0.15) is 5.56 Å². The minimum Gasteiger partial charge on any atom is -0.456 e. The lowest BCUT2D eigenvalue weighted by Crippen LogP contribution is -2.29. The van der Waals surface area contributed by atoms with Crippen LogP contribution in [0, 0.1) is 6.92 Å². The number of imidazole rings is 1. The number of aryl methyl sites for hydroxylation is 3.